The summed E-state index contributed by atoms with van der Waals surface area (Å²) >= 11 is 0. The van der Waals surface area contributed by atoms with Gasteiger partial charge in [-0.25, -0.2) is 0 Å². The molecule has 6 bridgehead atoms. The molecule has 0 spiro atoms. The number of rotatable bonds is 4. The average molecular weight is 546 g/mol. The molecule has 2 aliphatic rings. The molecule has 7 aromatic rings. The monoisotopic (exact) mass is 545 g/mol. The minimum atomic E-state index is 1.13. The highest BCUT2D eigenvalue weighted by molar-refractivity contribution is 6.15. The van der Waals surface area contributed by atoms with Gasteiger partial charge in [0.2, 0.25) is 0 Å². The lowest BCUT2D eigenvalue weighted by atomic mass is 9.83. The summed E-state index contributed by atoms with van der Waals surface area (Å²) < 4.78 is 0. The summed E-state index contributed by atoms with van der Waals surface area (Å²) in [6.07, 6.45) is 0. The van der Waals surface area contributed by atoms with E-state index in [1.807, 2.05) is 0 Å². The van der Waals surface area contributed by atoms with Gasteiger partial charge >= 0.3 is 0 Å². The van der Waals surface area contributed by atoms with Crippen LogP contribution in [0.4, 0.5) is 17.1 Å². The molecule has 0 fully saturated rings. The molecule has 0 saturated carbocycles. The molecule has 1 nitrogen and oxygen atoms in total. The van der Waals surface area contributed by atoms with Gasteiger partial charge in [0, 0.05) is 17.1 Å². The Morgan fingerprint density at radius 3 is 1.44 bits per heavy atom. The molecule has 43 heavy (non-hydrogen) atoms. The van der Waals surface area contributed by atoms with E-state index in [4.69, 9.17) is 0 Å². The second-order valence-electron chi connectivity index (χ2n) is 11.3. The van der Waals surface area contributed by atoms with Crippen LogP contribution in [0.5, 0.6) is 0 Å². The summed E-state index contributed by atoms with van der Waals surface area (Å²) in [5.41, 5.74) is 18.9. The first kappa shape index (κ1) is 24.0. The quantitative estimate of drug-likeness (QED) is 0.213. The molecule has 200 valence electrons. The maximum Gasteiger partial charge on any atom is 0.0468 e. The van der Waals surface area contributed by atoms with Crippen LogP contribution in [-0.4, -0.2) is 0 Å². The maximum absolute atomic E-state index is 2.41. The van der Waals surface area contributed by atoms with Crippen LogP contribution in [0.3, 0.4) is 0 Å². The lowest BCUT2D eigenvalue weighted by molar-refractivity contribution is 1.28. The van der Waals surface area contributed by atoms with Crippen molar-refractivity contribution in [2.45, 2.75) is 0 Å². The first-order valence-corrected chi connectivity index (χ1v) is 14.9. The van der Waals surface area contributed by atoms with Crippen LogP contribution in [0.15, 0.2) is 164 Å². The molecular formula is C42H27N. The average Bonchev–Trinajstić information content (AvgIpc) is 3.19. The van der Waals surface area contributed by atoms with Gasteiger partial charge in [0.15, 0.2) is 0 Å². The number of nitrogens with zero attached hydrogens (tertiary/aromatic N) is 1. The van der Waals surface area contributed by atoms with E-state index >= 15 is 0 Å². The lowest BCUT2D eigenvalue weighted by Crippen LogP contribution is -2.10. The molecule has 0 N–H and O–H groups in total. The standard InChI is InChI=1S/C42H27N/c1-3-12-28(13-4-1)29-14-9-17-31(26-29)43(30-15-5-2-6-16-30)32-24-25-34-37-21-11-22-38-39-23-10-20-36(42(39)40(34)27-32)33-18-7-8-19-35(33)41(37)38/h1-27H. The van der Waals surface area contributed by atoms with Gasteiger partial charge in [0.1, 0.15) is 0 Å². The Morgan fingerprint density at radius 1 is 0.256 bits per heavy atom. The molecule has 9 rings (SSSR count). The molecule has 2 aliphatic carbocycles. The van der Waals surface area contributed by atoms with E-state index in [0.29, 0.717) is 0 Å². The van der Waals surface area contributed by atoms with E-state index in [9.17, 15) is 0 Å². The third-order valence-corrected chi connectivity index (χ3v) is 8.95. The van der Waals surface area contributed by atoms with Crippen molar-refractivity contribution in [3.8, 4) is 66.8 Å². The zero-order valence-corrected chi connectivity index (χ0v) is 23.5. The second kappa shape index (κ2) is 9.44. The fourth-order valence-corrected chi connectivity index (χ4v) is 7.11. The molecule has 0 atom stereocenters. The van der Waals surface area contributed by atoms with Crippen LogP contribution in [0.25, 0.3) is 66.8 Å². The van der Waals surface area contributed by atoms with Crippen molar-refractivity contribution in [3.63, 3.8) is 0 Å². The normalized spacial score (nSPS) is 11.7. The van der Waals surface area contributed by atoms with Crippen LogP contribution in [0, 0.1) is 0 Å². The Kier molecular flexibility index (Phi) is 5.27. The SMILES string of the molecule is c1ccc(-c2cccc(N(c3ccccc3)c3ccc4c(c3)-c3c5cccc3-c3cccc-4c3-c3ccccc3-5)c2)cc1. The minimum Gasteiger partial charge on any atom is -0.310 e. The van der Waals surface area contributed by atoms with Crippen molar-refractivity contribution in [1.29, 1.82) is 0 Å². The summed E-state index contributed by atoms with van der Waals surface area (Å²) in [6, 6.07) is 59.8. The molecule has 0 saturated heterocycles. The zero-order valence-electron chi connectivity index (χ0n) is 23.5. The van der Waals surface area contributed by atoms with Crippen molar-refractivity contribution in [3.05, 3.63) is 164 Å². The topological polar surface area (TPSA) is 3.24 Å². The Labute approximate surface area is 252 Å². The van der Waals surface area contributed by atoms with Crippen LogP contribution in [0.1, 0.15) is 0 Å². The predicted octanol–water partition coefficient (Wildman–Crippen LogP) is 11.8. The molecule has 0 heterocycles. The first-order valence-electron chi connectivity index (χ1n) is 14.9. The highest BCUT2D eigenvalue weighted by atomic mass is 15.1. The summed E-state index contributed by atoms with van der Waals surface area (Å²) in [5.74, 6) is 0. The molecule has 0 radical (unpaired) electrons. The number of para-hydroxylation sites is 1. The Morgan fingerprint density at radius 2 is 0.721 bits per heavy atom. The van der Waals surface area contributed by atoms with Crippen LogP contribution >= 0.6 is 0 Å². The van der Waals surface area contributed by atoms with Crippen molar-refractivity contribution in [1.82, 2.24) is 0 Å². The van der Waals surface area contributed by atoms with Crippen molar-refractivity contribution < 1.29 is 0 Å². The third-order valence-electron chi connectivity index (χ3n) is 8.95. The van der Waals surface area contributed by atoms with Gasteiger partial charge in [-0.3, -0.25) is 0 Å². The molecule has 7 aromatic carbocycles. The lowest BCUT2D eigenvalue weighted by Gasteiger charge is -2.28. The Hall–Kier alpha value is -5.66. The smallest absolute Gasteiger partial charge is 0.0468 e. The fraction of sp³-hybridized carbons (Fsp3) is 0. The van der Waals surface area contributed by atoms with E-state index < -0.39 is 0 Å². The summed E-state index contributed by atoms with van der Waals surface area (Å²) in [4.78, 5) is 2.39. The zero-order chi connectivity index (χ0) is 28.3. The van der Waals surface area contributed by atoms with E-state index in [1.165, 1.54) is 66.8 Å². The Bertz CT molecular complexity index is 2150. The number of hydrogen-bond donors (Lipinski definition) is 0. The Balaban J connectivity index is 1.31. The van der Waals surface area contributed by atoms with E-state index in [2.05, 4.69) is 169 Å². The largest absolute Gasteiger partial charge is 0.310 e. The van der Waals surface area contributed by atoms with Gasteiger partial charge in [-0.2, -0.15) is 0 Å². The van der Waals surface area contributed by atoms with Crippen LogP contribution in [-0.2, 0) is 0 Å². The van der Waals surface area contributed by atoms with Crippen LogP contribution in [0.2, 0.25) is 0 Å². The van der Waals surface area contributed by atoms with Gasteiger partial charge in [-0.05, 0) is 103 Å². The molecule has 0 aliphatic heterocycles. The number of anilines is 3. The van der Waals surface area contributed by atoms with Crippen molar-refractivity contribution in [2.24, 2.45) is 0 Å². The molecule has 0 amide bonds. The van der Waals surface area contributed by atoms with Gasteiger partial charge in [0.05, 0.1) is 0 Å². The van der Waals surface area contributed by atoms with Crippen molar-refractivity contribution >= 4 is 17.1 Å². The minimum absolute atomic E-state index is 1.13. The van der Waals surface area contributed by atoms with Gasteiger partial charge in [0.25, 0.3) is 0 Å². The highest BCUT2D eigenvalue weighted by Crippen LogP contribution is 2.57. The van der Waals surface area contributed by atoms with Crippen LogP contribution < -0.4 is 4.90 Å². The van der Waals surface area contributed by atoms with E-state index in [0.717, 1.165) is 17.1 Å². The predicted molar refractivity (Wildman–Crippen MR) is 181 cm³/mol. The van der Waals surface area contributed by atoms with E-state index in [-0.39, 0.29) is 0 Å². The molecular weight excluding hydrogens is 518 g/mol. The summed E-state index contributed by atoms with van der Waals surface area (Å²) in [5, 5.41) is 0. The summed E-state index contributed by atoms with van der Waals surface area (Å²) in [6.45, 7) is 0. The number of hydrogen-bond acceptors (Lipinski definition) is 1. The summed E-state index contributed by atoms with van der Waals surface area (Å²) in [7, 11) is 0. The molecule has 0 unspecified atom stereocenters. The van der Waals surface area contributed by atoms with E-state index in [1.54, 1.807) is 0 Å². The fourth-order valence-electron chi connectivity index (χ4n) is 7.11. The molecule has 0 aromatic heterocycles. The molecule has 1 heteroatoms. The van der Waals surface area contributed by atoms with Gasteiger partial charge in [-0.1, -0.05) is 127 Å². The van der Waals surface area contributed by atoms with Gasteiger partial charge < -0.3 is 4.90 Å². The van der Waals surface area contributed by atoms with Crippen molar-refractivity contribution in [2.75, 3.05) is 4.90 Å². The van der Waals surface area contributed by atoms with Gasteiger partial charge in [-0.15, -0.1) is 0 Å². The third kappa shape index (κ3) is 3.65. The second-order valence-corrected chi connectivity index (χ2v) is 11.3. The number of benzene rings is 7. The first-order chi connectivity index (χ1) is 21.3. The highest BCUT2D eigenvalue weighted by Gasteiger charge is 2.31. The maximum atomic E-state index is 2.41. The number of fused-ring (bicyclic) bond motifs is 4.